The highest BCUT2D eigenvalue weighted by Crippen LogP contribution is 2.39. The van der Waals surface area contributed by atoms with Crippen molar-refractivity contribution in [2.45, 2.75) is 110 Å². The molecule has 4 heterocycles. The van der Waals surface area contributed by atoms with E-state index in [2.05, 4.69) is 82.7 Å². The zero-order valence-electron chi connectivity index (χ0n) is 40.1. The van der Waals surface area contributed by atoms with Crippen LogP contribution in [0, 0.1) is 37.5 Å². The molecule has 4 amide bonds. The number of oxazole rings is 1. The quantitative estimate of drug-likeness (QED) is 0.0887. The van der Waals surface area contributed by atoms with Crippen LogP contribution in [0.25, 0.3) is 33.6 Å². The number of hydrogen-bond donors (Lipinski definition) is 3. The monoisotopic (exact) mass is 934 g/mol. The zero-order chi connectivity index (χ0) is 49.2. The highest BCUT2D eigenvalue weighted by Gasteiger charge is 2.37. The Kier molecular flexibility index (Phi) is 20.1. The van der Waals surface area contributed by atoms with Gasteiger partial charge in [0.2, 0.25) is 17.7 Å². The van der Waals surface area contributed by atoms with Gasteiger partial charge in [-0.25, -0.2) is 19.6 Å². The molecule has 0 bridgehead atoms. The molecule has 2 unspecified atom stereocenters. The Balaban J connectivity index is 0.00000210. The van der Waals surface area contributed by atoms with Gasteiger partial charge in [-0.1, -0.05) is 50.2 Å². The van der Waals surface area contributed by atoms with E-state index < -0.39 is 24.3 Å². The van der Waals surface area contributed by atoms with Gasteiger partial charge in [0.25, 0.3) is 0 Å². The van der Waals surface area contributed by atoms with Crippen LogP contribution in [0.4, 0.5) is 9.59 Å². The number of terminal acetylenes is 2. The molecule has 16 heteroatoms. The number of alkyl carbamates (subject to hydrolysis) is 2. The minimum Gasteiger partial charge on any atom is -0.453 e. The Morgan fingerprint density at radius 2 is 1.32 bits per heavy atom. The van der Waals surface area contributed by atoms with Crippen LogP contribution in [0.5, 0.6) is 0 Å². The van der Waals surface area contributed by atoms with Gasteiger partial charge in [0.1, 0.15) is 29.9 Å². The number of nitrogens with zero attached hydrogens (tertiary/aromatic N) is 4. The van der Waals surface area contributed by atoms with Crippen molar-refractivity contribution in [3.63, 3.8) is 0 Å². The number of carbonyl (C=O) groups is 4. The predicted octanol–water partition coefficient (Wildman–Crippen LogP) is 7.55. The normalized spacial score (nSPS) is 16.0. The van der Waals surface area contributed by atoms with Gasteiger partial charge >= 0.3 is 12.2 Å². The lowest BCUT2D eigenvalue weighted by atomic mass is 9.90. The first kappa shape index (κ1) is 52.4. The predicted molar refractivity (Wildman–Crippen MR) is 259 cm³/mol. The van der Waals surface area contributed by atoms with Crippen LogP contribution in [-0.4, -0.2) is 114 Å². The first-order chi connectivity index (χ1) is 33.1. The summed E-state index contributed by atoms with van der Waals surface area (Å²) >= 11 is 0. The second kappa shape index (κ2) is 26.1. The van der Waals surface area contributed by atoms with Crippen LogP contribution in [0.1, 0.15) is 88.6 Å². The van der Waals surface area contributed by atoms with E-state index in [0.717, 1.165) is 53.8 Å². The van der Waals surface area contributed by atoms with Gasteiger partial charge in [0, 0.05) is 44.6 Å². The molecule has 3 N–H and O–H groups in total. The number of fused-ring (bicyclic) bond motifs is 1. The van der Waals surface area contributed by atoms with Crippen molar-refractivity contribution in [2.75, 3.05) is 47.2 Å². The Hall–Kier alpha value is -6.62. The summed E-state index contributed by atoms with van der Waals surface area (Å²) in [5, 5.41) is 5.61. The average Bonchev–Trinajstić information content (AvgIpc) is 4.20. The maximum atomic E-state index is 14.2. The van der Waals surface area contributed by atoms with E-state index >= 15 is 0 Å². The number of benzene rings is 2. The molecular formula is C52H67N7O9. The summed E-state index contributed by atoms with van der Waals surface area (Å²) in [6.07, 6.45) is 25.3. The smallest absolute Gasteiger partial charge is 0.407 e. The molecule has 0 spiro atoms. The Labute approximate surface area is 400 Å². The van der Waals surface area contributed by atoms with Crippen molar-refractivity contribution in [1.82, 2.24) is 35.4 Å². The summed E-state index contributed by atoms with van der Waals surface area (Å²) in [6, 6.07) is 11.1. The van der Waals surface area contributed by atoms with Crippen molar-refractivity contribution in [2.24, 2.45) is 11.8 Å². The minimum atomic E-state index is -0.750. The summed E-state index contributed by atoms with van der Waals surface area (Å²) in [5.74, 6) is 0.618. The molecule has 2 saturated heterocycles. The Morgan fingerprint density at radius 1 is 0.779 bits per heavy atom. The molecule has 3 atom stereocenters. The van der Waals surface area contributed by atoms with Crippen molar-refractivity contribution >= 4 is 24.0 Å². The van der Waals surface area contributed by atoms with E-state index in [4.69, 9.17) is 28.3 Å². The number of nitrogens with one attached hydrogen (secondary N) is 3. The van der Waals surface area contributed by atoms with Crippen molar-refractivity contribution < 1.29 is 42.5 Å². The number of carbonyl (C=O) groups excluding carboxylic acids is 4. The third kappa shape index (κ3) is 12.9. The molecule has 2 fully saturated rings. The first-order valence-electron chi connectivity index (χ1n) is 23.5. The van der Waals surface area contributed by atoms with Gasteiger partial charge in [-0.2, -0.15) is 0 Å². The fourth-order valence-electron chi connectivity index (χ4n) is 9.29. The SMILES string of the molecule is C#C.C#C.CCCN(Cc1ncc(-c2ccc(-c3ccc(-c4coc(CN(C(=O)C(NC(=O)OC)C5CCOCC5)[C@@H](C)CC)n4)c4c3CCC4)cc2)[nH]1)C(=O)C(NC(=O)OC)C1CCOCC1. The maximum absolute atomic E-state index is 14.2. The fraction of sp³-hybridized carbons (Fsp3) is 0.500. The van der Waals surface area contributed by atoms with E-state index in [1.54, 1.807) is 22.3 Å². The van der Waals surface area contributed by atoms with Crippen molar-refractivity contribution in [3.8, 4) is 59.3 Å². The Bertz CT molecular complexity index is 2300. The lowest BCUT2D eigenvalue weighted by molar-refractivity contribution is -0.139. The molecule has 2 aromatic carbocycles. The largest absolute Gasteiger partial charge is 0.453 e. The lowest BCUT2D eigenvalue weighted by Gasteiger charge is -2.35. The topological polar surface area (TPSA) is 190 Å². The molecule has 2 aliphatic heterocycles. The van der Waals surface area contributed by atoms with Crippen LogP contribution in [0.15, 0.2) is 53.3 Å². The Morgan fingerprint density at radius 3 is 1.88 bits per heavy atom. The number of imidazole rings is 1. The molecule has 16 nitrogen and oxygen atoms in total. The molecule has 364 valence electrons. The number of ether oxygens (including phenoxy) is 4. The number of rotatable bonds is 17. The van der Waals surface area contributed by atoms with Crippen LogP contribution in [-0.2, 0) is 54.5 Å². The highest BCUT2D eigenvalue weighted by atomic mass is 16.5. The molecular weight excluding hydrogens is 867 g/mol. The second-order valence-corrected chi connectivity index (χ2v) is 17.0. The van der Waals surface area contributed by atoms with Crippen LogP contribution in [0.3, 0.4) is 0 Å². The van der Waals surface area contributed by atoms with Crippen molar-refractivity contribution in [3.05, 3.63) is 71.7 Å². The number of methoxy groups -OCH3 is 2. The van der Waals surface area contributed by atoms with Gasteiger partial charge in [0.15, 0.2) is 0 Å². The minimum absolute atomic E-state index is 0.0480. The van der Waals surface area contributed by atoms with E-state index in [1.165, 1.54) is 30.9 Å². The number of hydrogen-bond acceptors (Lipinski definition) is 11. The summed E-state index contributed by atoms with van der Waals surface area (Å²) in [4.78, 5) is 69.3. The van der Waals surface area contributed by atoms with Gasteiger partial charge in [-0.3, -0.25) is 9.59 Å². The molecule has 0 saturated carbocycles. The highest BCUT2D eigenvalue weighted by molar-refractivity contribution is 5.87. The molecule has 1 aliphatic carbocycles. The van der Waals surface area contributed by atoms with Crippen molar-refractivity contribution in [1.29, 1.82) is 0 Å². The third-order valence-electron chi connectivity index (χ3n) is 13.0. The summed E-state index contributed by atoms with van der Waals surface area (Å²) in [5.41, 5.74) is 8.40. The summed E-state index contributed by atoms with van der Waals surface area (Å²) in [7, 11) is 2.60. The molecule has 2 aromatic heterocycles. The number of aromatic nitrogens is 3. The zero-order valence-corrected chi connectivity index (χ0v) is 40.1. The number of aromatic amines is 1. The van der Waals surface area contributed by atoms with E-state index in [9.17, 15) is 19.2 Å². The second-order valence-electron chi connectivity index (χ2n) is 17.0. The lowest BCUT2D eigenvalue weighted by Crippen LogP contribution is -2.55. The van der Waals surface area contributed by atoms with Gasteiger partial charge < -0.3 is 48.8 Å². The average molecular weight is 934 g/mol. The van der Waals surface area contributed by atoms with E-state index in [0.29, 0.717) is 76.8 Å². The van der Waals surface area contributed by atoms with E-state index in [-0.39, 0.29) is 42.8 Å². The summed E-state index contributed by atoms with van der Waals surface area (Å²) < 4.78 is 26.9. The van der Waals surface area contributed by atoms with Crippen LogP contribution < -0.4 is 10.6 Å². The van der Waals surface area contributed by atoms with E-state index in [1.807, 2.05) is 20.8 Å². The number of H-pyrrole nitrogens is 1. The van der Waals surface area contributed by atoms with Gasteiger partial charge in [0.05, 0.1) is 39.2 Å². The molecule has 0 radical (unpaired) electrons. The van der Waals surface area contributed by atoms with Crippen LogP contribution in [0.2, 0.25) is 0 Å². The third-order valence-corrected chi connectivity index (χ3v) is 13.0. The fourth-order valence-corrected chi connectivity index (χ4v) is 9.29. The first-order valence-corrected chi connectivity index (χ1v) is 23.5. The molecule has 7 rings (SSSR count). The molecule has 68 heavy (non-hydrogen) atoms. The summed E-state index contributed by atoms with van der Waals surface area (Å²) in [6.45, 7) is 9.17. The van der Waals surface area contributed by atoms with Gasteiger partial charge in [-0.05, 0) is 104 Å². The number of amides is 4. The maximum Gasteiger partial charge on any atom is 0.407 e. The molecule has 4 aromatic rings. The van der Waals surface area contributed by atoms with Gasteiger partial charge in [-0.15, -0.1) is 25.7 Å². The van der Waals surface area contributed by atoms with Crippen LogP contribution >= 0.6 is 0 Å². The molecule has 3 aliphatic rings. The standard InChI is InChI=1S/C48H63N7O9.2C2H2/c1-6-21-54(45(56)43(52-47(58)60-4)33-17-22-62-23-18-33)27-41-49-26-39(50-41)32-13-11-31(12-14-32)35-15-16-38(37-10-8-9-36(35)37)40-29-64-42(51-40)28-55(30(3)7-2)46(57)44(53-48(59)61-5)34-19-24-63-25-20-34;2*1-2/h11-16,26,29-30,33-34,43-44H,6-10,17-25,27-28H2,1-5H3,(H,49,50)(H,52,58)(H,53,59);2*1-2H/t30-,43?,44?;;/m0../s1.